The van der Waals surface area contributed by atoms with Crippen molar-refractivity contribution in [2.75, 3.05) is 59.3 Å². The lowest BCUT2D eigenvalue weighted by Gasteiger charge is -2.39. The summed E-state index contributed by atoms with van der Waals surface area (Å²) in [7, 11) is 0. The first-order valence-electron chi connectivity index (χ1n) is 7.93. The third-order valence-electron chi connectivity index (χ3n) is 4.00. The summed E-state index contributed by atoms with van der Waals surface area (Å²) in [6.07, 6.45) is 1.39. The molecular formula is C15H30N2O4. The molecule has 1 rings (SSSR count). The van der Waals surface area contributed by atoms with Gasteiger partial charge in [-0.05, 0) is 26.7 Å². The van der Waals surface area contributed by atoms with Crippen LogP contribution in [0.2, 0.25) is 0 Å². The Morgan fingerprint density at radius 2 is 1.67 bits per heavy atom. The standard InChI is InChI=1S/C15H30N2O4/c1-3-19-11-7-17(8-12-20-4-2)14(18)15(13-16)5-9-21-10-6-15/h3-13,16H2,1-2H3. The van der Waals surface area contributed by atoms with Gasteiger partial charge >= 0.3 is 0 Å². The minimum Gasteiger partial charge on any atom is -0.381 e. The van der Waals surface area contributed by atoms with Crippen molar-refractivity contribution >= 4 is 5.91 Å². The molecule has 0 bridgehead atoms. The lowest BCUT2D eigenvalue weighted by atomic mass is 9.79. The molecule has 6 nitrogen and oxygen atoms in total. The molecule has 0 unspecified atom stereocenters. The van der Waals surface area contributed by atoms with Gasteiger partial charge < -0.3 is 24.8 Å². The second-order valence-corrected chi connectivity index (χ2v) is 5.28. The average Bonchev–Trinajstić information content (AvgIpc) is 2.53. The monoisotopic (exact) mass is 302 g/mol. The zero-order valence-electron chi connectivity index (χ0n) is 13.4. The first-order chi connectivity index (χ1) is 10.2. The van der Waals surface area contributed by atoms with E-state index in [1.165, 1.54) is 0 Å². The van der Waals surface area contributed by atoms with Crippen LogP contribution in [0.1, 0.15) is 26.7 Å². The van der Waals surface area contributed by atoms with Crippen LogP contribution in [0.15, 0.2) is 0 Å². The van der Waals surface area contributed by atoms with Crippen LogP contribution in [-0.4, -0.2) is 70.1 Å². The van der Waals surface area contributed by atoms with E-state index in [0.717, 1.165) is 0 Å². The molecule has 1 fully saturated rings. The fourth-order valence-corrected chi connectivity index (χ4v) is 2.56. The molecule has 124 valence electrons. The lowest BCUT2D eigenvalue weighted by Crippen LogP contribution is -2.52. The Kier molecular flexibility index (Phi) is 8.84. The number of nitrogens with two attached hydrogens (primary N) is 1. The molecule has 1 heterocycles. The predicted octanol–water partition coefficient (Wildman–Crippen LogP) is 0.644. The van der Waals surface area contributed by atoms with E-state index in [1.54, 1.807) is 0 Å². The van der Waals surface area contributed by atoms with Crippen molar-refractivity contribution in [2.24, 2.45) is 11.1 Å². The first kappa shape index (κ1) is 18.4. The van der Waals surface area contributed by atoms with Gasteiger partial charge in [0.15, 0.2) is 0 Å². The number of amides is 1. The predicted molar refractivity (Wildman–Crippen MR) is 81.1 cm³/mol. The fraction of sp³-hybridized carbons (Fsp3) is 0.933. The third kappa shape index (κ3) is 5.54. The second kappa shape index (κ2) is 10.1. The molecule has 21 heavy (non-hydrogen) atoms. The minimum atomic E-state index is -0.476. The highest BCUT2D eigenvalue weighted by molar-refractivity contribution is 5.83. The molecule has 1 saturated heterocycles. The summed E-state index contributed by atoms with van der Waals surface area (Å²) < 4.78 is 16.1. The zero-order chi connectivity index (χ0) is 15.6. The summed E-state index contributed by atoms with van der Waals surface area (Å²) in [5.74, 6) is 0.118. The highest BCUT2D eigenvalue weighted by atomic mass is 16.5. The number of carbonyl (C=O) groups is 1. The van der Waals surface area contributed by atoms with E-state index in [1.807, 2.05) is 18.7 Å². The molecule has 0 aliphatic carbocycles. The average molecular weight is 302 g/mol. The summed E-state index contributed by atoms with van der Waals surface area (Å²) >= 11 is 0. The highest BCUT2D eigenvalue weighted by Gasteiger charge is 2.41. The van der Waals surface area contributed by atoms with E-state index < -0.39 is 5.41 Å². The van der Waals surface area contributed by atoms with Crippen LogP contribution in [0.25, 0.3) is 0 Å². The van der Waals surface area contributed by atoms with Crippen molar-refractivity contribution in [3.63, 3.8) is 0 Å². The van der Waals surface area contributed by atoms with Gasteiger partial charge in [-0.3, -0.25) is 4.79 Å². The van der Waals surface area contributed by atoms with E-state index in [-0.39, 0.29) is 5.91 Å². The first-order valence-corrected chi connectivity index (χ1v) is 7.93. The van der Waals surface area contributed by atoms with Crippen molar-refractivity contribution in [3.05, 3.63) is 0 Å². The maximum absolute atomic E-state index is 12.9. The largest absolute Gasteiger partial charge is 0.381 e. The van der Waals surface area contributed by atoms with Crippen molar-refractivity contribution in [3.8, 4) is 0 Å². The quantitative estimate of drug-likeness (QED) is 0.600. The second-order valence-electron chi connectivity index (χ2n) is 5.28. The summed E-state index contributed by atoms with van der Waals surface area (Å²) in [4.78, 5) is 14.8. The van der Waals surface area contributed by atoms with Crippen molar-refractivity contribution in [1.29, 1.82) is 0 Å². The Hall–Kier alpha value is -0.690. The van der Waals surface area contributed by atoms with Gasteiger partial charge in [-0.25, -0.2) is 0 Å². The Labute approximate surface area is 127 Å². The molecule has 0 radical (unpaired) electrons. The smallest absolute Gasteiger partial charge is 0.230 e. The Bertz CT molecular complexity index is 283. The van der Waals surface area contributed by atoms with Crippen LogP contribution in [0.4, 0.5) is 0 Å². The van der Waals surface area contributed by atoms with Gasteiger partial charge in [-0.2, -0.15) is 0 Å². The Morgan fingerprint density at radius 3 is 2.10 bits per heavy atom. The van der Waals surface area contributed by atoms with Crippen LogP contribution < -0.4 is 5.73 Å². The van der Waals surface area contributed by atoms with Crippen LogP contribution in [0.5, 0.6) is 0 Å². The van der Waals surface area contributed by atoms with E-state index in [4.69, 9.17) is 19.9 Å². The minimum absolute atomic E-state index is 0.118. The summed E-state index contributed by atoms with van der Waals surface area (Å²) in [6.45, 7) is 9.06. The molecule has 0 aromatic heterocycles. The topological polar surface area (TPSA) is 74.0 Å². The maximum Gasteiger partial charge on any atom is 0.230 e. The molecule has 0 aromatic rings. The van der Waals surface area contributed by atoms with E-state index >= 15 is 0 Å². The molecule has 1 amide bonds. The van der Waals surface area contributed by atoms with Crippen molar-refractivity contribution < 1.29 is 19.0 Å². The summed E-state index contributed by atoms with van der Waals surface area (Å²) in [6, 6.07) is 0. The van der Waals surface area contributed by atoms with Gasteiger partial charge in [0.05, 0.1) is 18.6 Å². The molecule has 1 aliphatic heterocycles. The van der Waals surface area contributed by atoms with Crippen LogP contribution in [-0.2, 0) is 19.0 Å². The molecule has 0 atom stereocenters. The summed E-state index contributed by atoms with van der Waals surface area (Å²) in [5.41, 5.74) is 5.45. The normalized spacial score (nSPS) is 17.7. The highest BCUT2D eigenvalue weighted by Crippen LogP contribution is 2.31. The number of nitrogens with zero attached hydrogens (tertiary/aromatic N) is 1. The van der Waals surface area contributed by atoms with Gasteiger partial charge in [0.1, 0.15) is 0 Å². The van der Waals surface area contributed by atoms with Gasteiger partial charge in [-0.15, -0.1) is 0 Å². The lowest BCUT2D eigenvalue weighted by molar-refractivity contribution is -0.148. The third-order valence-corrected chi connectivity index (χ3v) is 4.00. The van der Waals surface area contributed by atoms with Gasteiger partial charge in [0, 0.05) is 46.1 Å². The molecule has 0 saturated carbocycles. The molecule has 6 heteroatoms. The SMILES string of the molecule is CCOCCN(CCOCC)C(=O)C1(CN)CCOCC1. The fourth-order valence-electron chi connectivity index (χ4n) is 2.56. The van der Waals surface area contributed by atoms with Crippen molar-refractivity contribution in [1.82, 2.24) is 4.90 Å². The number of ether oxygens (including phenoxy) is 3. The van der Waals surface area contributed by atoms with E-state index in [9.17, 15) is 4.79 Å². The van der Waals surface area contributed by atoms with Crippen LogP contribution >= 0.6 is 0 Å². The zero-order valence-corrected chi connectivity index (χ0v) is 13.4. The van der Waals surface area contributed by atoms with Gasteiger partial charge in [0.25, 0.3) is 0 Å². The van der Waals surface area contributed by atoms with Crippen LogP contribution in [0.3, 0.4) is 0 Å². The van der Waals surface area contributed by atoms with Gasteiger partial charge in [0.2, 0.25) is 5.91 Å². The molecule has 0 spiro atoms. The molecule has 1 aliphatic rings. The maximum atomic E-state index is 12.9. The molecular weight excluding hydrogens is 272 g/mol. The van der Waals surface area contributed by atoms with E-state index in [0.29, 0.717) is 72.1 Å². The van der Waals surface area contributed by atoms with Crippen molar-refractivity contribution in [2.45, 2.75) is 26.7 Å². The van der Waals surface area contributed by atoms with E-state index in [2.05, 4.69) is 0 Å². The molecule has 2 N–H and O–H groups in total. The Balaban J connectivity index is 2.65. The van der Waals surface area contributed by atoms with Crippen LogP contribution in [0, 0.1) is 5.41 Å². The van der Waals surface area contributed by atoms with Gasteiger partial charge in [-0.1, -0.05) is 0 Å². The Morgan fingerprint density at radius 1 is 1.14 bits per heavy atom. The number of hydrogen-bond acceptors (Lipinski definition) is 5. The summed E-state index contributed by atoms with van der Waals surface area (Å²) in [5, 5.41) is 0. The number of hydrogen-bond donors (Lipinski definition) is 1. The number of carbonyl (C=O) groups excluding carboxylic acids is 1. The molecule has 0 aromatic carbocycles. The number of rotatable bonds is 10.